The molecule has 0 atom stereocenters. The average Bonchev–Trinajstić information content (AvgIpc) is 3.04. The minimum absolute atomic E-state index is 0.279. The topological polar surface area (TPSA) is 39.2 Å². The van der Waals surface area contributed by atoms with Gasteiger partial charge >= 0.3 is 0 Å². The van der Waals surface area contributed by atoms with E-state index in [1.165, 1.54) is 0 Å². The summed E-state index contributed by atoms with van der Waals surface area (Å²) >= 11 is 11.5. The van der Waals surface area contributed by atoms with Crippen LogP contribution in [0.4, 0.5) is 0 Å². The van der Waals surface area contributed by atoms with E-state index < -0.39 is 0 Å². The van der Waals surface area contributed by atoms with Crippen LogP contribution in [0, 0.1) is 4.77 Å². The van der Waals surface area contributed by atoms with Crippen molar-refractivity contribution >= 4 is 34.9 Å². The zero-order valence-corrected chi connectivity index (χ0v) is 12.5. The van der Waals surface area contributed by atoms with Crippen LogP contribution < -0.4 is 9.47 Å². The van der Waals surface area contributed by atoms with E-state index in [1.807, 2.05) is 41.0 Å². The molecule has 0 bridgehead atoms. The minimum atomic E-state index is 0.279. The molecule has 4 rings (SSSR count). The lowest BCUT2D eigenvalue weighted by molar-refractivity contribution is 0.174. The molecule has 0 unspecified atom stereocenters. The lowest BCUT2D eigenvalue weighted by atomic mass is 10.2. The van der Waals surface area contributed by atoms with Gasteiger partial charge in [-0.2, -0.15) is 0 Å². The van der Waals surface area contributed by atoms with Crippen LogP contribution in [0.15, 0.2) is 36.4 Å². The monoisotopic (exact) mass is 318 g/mol. The number of nitrogens with one attached hydrogen (secondary N) is 1. The molecule has 0 radical (unpaired) electrons. The molecule has 2 heterocycles. The summed E-state index contributed by atoms with van der Waals surface area (Å²) in [7, 11) is 0. The molecule has 1 aliphatic heterocycles. The van der Waals surface area contributed by atoms with Gasteiger partial charge in [0.25, 0.3) is 0 Å². The molecule has 106 valence electrons. The number of benzene rings is 2. The number of hydrogen-bond donors (Lipinski definition) is 1. The number of nitrogens with zero attached hydrogens (tertiary/aromatic N) is 1. The fourth-order valence-electron chi connectivity index (χ4n) is 2.50. The second-order valence-corrected chi connectivity index (χ2v) is 5.69. The van der Waals surface area contributed by atoms with E-state index in [4.69, 9.17) is 33.3 Å². The lowest BCUT2D eigenvalue weighted by Gasteiger charge is -2.06. The predicted octanol–water partition coefficient (Wildman–Crippen LogP) is 4.13. The first kappa shape index (κ1) is 12.7. The largest absolute Gasteiger partial charge is 0.454 e. The van der Waals surface area contributed by atoms with E-state index in [0.717, 1.165) is 28.1 Å². The maximum Gasteiger partial charge on any atom is 0.231 e. The molecule has 21 heavy (non-hydrogen) atoms. The standard InChI is InChI=1S/C15H11ClN2O2S/c16-10-2-3-11-12(6-10)18(15(21)17-11)7-9-1-4-13-14(5-9)20-8-19-13/h1-6H,7-8H2,(H,17,21). The number of ether oxygens (including phenoxy) is 2. The summed E-state index contributed by atoms with van der Waals surface area (Å²) in [5.74, 6) is 1.56. The number of aromatic amines is 1. The third-order valence-corrected chi connectivity index (χ3v) is 4.07. The third kappa shape index (κ3) is 2.18. The van der Waals surface area contributed by atoms with Crippen molar-refractivity contribution in [2.24, 2.45) is 0 Å². The van der Waals surface area contributed by atoms with E-state index in [1.54, 1.807) is 0 Å². The summed E-state index contributed by atoms with van der Waals surface area (Å²) in [4.78, 5) is 3.19. The number of halogens is 1. The van der Waals surface area contributed by atoms with Crippen LogP contribution in [-0.2, 0) is 6.54 Å². The molecule has 0 fully saturated rings. The maximum absolute atomic E-state index is 6.08. The molecule has 2 aromatic carbocycles. The number of imidazole rings is 1. The Hall–Kier alpha value is -1.98. The highest BCUT2D eigenvalue weighted by Gasteiger charge is 2.14. The van der Waals surface area contributed by atoms with Gasteiger partial charge in [0.1, 0.15) is 0 Å². The Kier molecular flexibility index (Phi) is 2.90. The molecule has 4 nitrogen and oxygen atoms in total. The molecule has 0 saturated heterocycles. The van der Waals surface area contributed by atoms with Crippen molar-refractivity contribution in [2.45, 2.75) is 6.54 Å². The van der Waals surface area contributed by atoms with Crippen molar-refractivity contribution < 1.29 is 9.47 Å². The number of fused-ring (bicyclic) bond motifs is 2. The zero-order chi connectivity index (χ0) is 14.4. The highest BCUT2D eigenvalue weighted by atomic mass is 35.5. The Labute approximate surface area is 130 Å². The summed E-state index contributed by atoms with van der Waals surface area (Å²) in [6.07, 6.45) is 0. The van der Waals surface area contributed by atoms with Crippen LogP contribution in [0.2, 0.25) is 5.02 Å². The maximum atomic E-state index is 6.08. The van der Waals surface area contributed by atoms with Gasteiger partial charge in [-0.3, -0.25) is 0 Å². The summed E-state index contributed by atoms with van der Waals surface area (Å²) in [5.41, 5.74) is 3.06. The van der Waals surface area contributed by atoms with Crippen molar-refractivity contribution in [1.29, 1.82) is 0 Å². The van der Waals surface area contributed by atoms with Gasteiger partial charge in [-0.15, -0.1) is 0 Å². The van der Waals surface area contributed by atoms with Crippen molar-refractivity contribution in [1.82, 2.24) is 9.55 Å². The first-order valence-electron chi connectivity index (χ1n) is 6.47. The fraction of sp³-hybridized carbons (Fsp3) is 0.133. The van der Waals surface area contributed by atoms with Gasteiger partial charge in [-0.25, -0.2) is 0 Å². The predicted molar refractivity (Wildman–Crippen MR) is 83.8 cm³/mol. The van der Waals surface area contributed by atoms with Crippen LogP contribution in [0.1, 0.15) is 5.56 Å². The van der Waals surface area contributed by atoms with Crippen molar-refractivity contribution in [3.05, 3.63) is 51.8 Å². The van der Waals surface area contributed by atoms with E-state index in [0.29, 0.717) is 16.3 Å². The van der Waals surface area contributed by atoms with Crippen LogP contribution in [0.25, 0.3) is 11.0 Å². The zero-order valence-electron chi connectivity index (χ0n) is 10.9. The van der Waals surface area contributed by atoms with Gasteiger partial charge in [0.05, 0.1) is 17.6 Å². The van der Waals surface area contributed by atoms with Gasteiger partial charge < -0.3 is 19.0 Å². The lowest BCUT2D eigenvalue weighted by Crippen LogP contribution is -1.99. The van der Waals surface area contributed by atoms with Crippen LogP contribution in [-0.4, -0.2) is 16.3 Å². The van der Waals surface area contributed by atoms with Gasteiger partial charge in [-0.1, -0.05) is 17.7 Å². The first-order valence-corrected chi connectivity index (χ1v) is 7.26. The van der Waals surface area contributed by atoms with E-state index >= 15 is 0 Å². The molecular formula is C15H11ClN2O2S. The summed E-state index contributed by atoms with van der Waals surface area (Å²) in [6, 6.07) is 11.6. The second kappa shape index (κ2) is 4.79. The number of rotatable bonds is 2. The van der Waals surface area contributed by atoms with Crippen molar-refractivity contribution in [2.75, 3.05) is 6.79 Å². The molecule has 1 aliphatic rings. The average molecular weight is 319 g/mol. The molecular weight excluding hydrogens is 308 g/mol. The molecule has 0 spiro atoms. The molecule has 0 saturated carbocycles. The van der Waals surface area contributed by atoms with E-state index in [9.17, 15) is 0 Å². The van der Waals surface area contributed by atoms with Crippen LogP contribution in [0.3, 0.4) is 0 Å². The Bertz CT molecular complexity index is 900. The molecule has 0 aliphatic carbocycles. The Morgan fingerprint density at radius 3 is 2.90 bits per heavy atom. The molecule has 1 aromatic heterocycles. The normalized spacial score (nSPS) is 13.0. The third-order valence-electron chi connectivity index (χ3n) is 3.51. The first-order chi connectivity index (χ1) is 10.2. The summed E-state index contributed by atoms with van der Waals surface area (Å²) in [6.45, 7) is 0.927. The Morgan fingerprint density at radius 2 is 2.00 bits per heavy atom. The summed E-state index contributed by atoms with van der Waals surface area (Å²) in [5, 5.41) is 0.691. The highest BCUT2D eigenvalue weighted by Crippen LogP contribution is 2.33. The minimum Gasteiger partial charge on any atom is -0.454 e. The molecule has 3 aromatic rings. The van der Waals surface area contributed by atoms with Gasteiger partial charge in [0, 0.05) is 5.02 Å². The quantitative estimate of drug-likeness (QED) is 0.722. The summed E-state index contributed by atoms with van der Waals surface area (Å²) < 4.78 is 13.4. The highest BCUT2D eigenvalue weighted by molar-refractivity contribution is 7.71. The van der Waals surface area contributed by atoms with E-state index in [2.05, 4.69) is 4.98 Å². The number of hydrogen-bond acceptors (Lipinski definition) is 3. The van der Waals surface area contributed by atoms with Crippen LogP contribution >= 0.6 is 23.8 Å². The molecule has 0 amide bonds. The molecule has 1 N–H and O–H groups in total. The van der Waals surface area contributed by atoms with Gasteiger partial charge in [0.2, 0.25) is 6.79 Å². The van der Waals surface area contributed by atoms with Crippen molar-refractivity contribution in [3.8, 4) is 11.5 Å². The van der Waals surface area contributed by atoms with E-state index in [-0.39, 0.29) is 6.79 Å². The SMILES string of the molecule is S=c1[nH]c2ccc(Cl)cc2n1Cc1ccc2c(c1)OCO2. The van der Waals surface area contributed by atoms with Gasteiger partial charge in [-0.05, 0) is 48.1 Å². The molecule has 6 heteroatoms. The smallest absolute Gasteiger partial charge is 0.231 e. The Morgan fingerprint density at radius 1 is 1.14 bits per heavy atom. The van der Waals surface area contributed by atoms with Gasteiger partial charge in [0.15, 0.2) is 16.3 Å². The Balaban J connectivity index is 1.79. The second-order valence-electron chi connectivity index (χ2n) is 4.87. The fourth-order valence-corrected chi connectivity index (χ4v) is 2.94. The van der Waals surface area contributed by atoms with Crippen LogP contribution in [0.5, 0.6) is 11.5 Å². The van der Waals surface area contributed by atoms with Crippen molar-refractivity contribution in [3.63, 3.8) is 0 Å². The number of H-pyrrole nitrogens is 1. The number of aromatic nitrogens is 2.